The van der Waals surface area contributed by atoms with Gasteiger partial charge in [-0.15, -0.1) is 0 Å². The van der Waals surface area contributed by atoms with Crippen LogP contribution < -0.4 is 15.2 Å². The molecule has 3 rings (SSSR count). The van der Waals surface area contributed by atoms with Gasteiger partial charge in [-0.3, -0.25) is 4.79 Å². The van der Waals surface area contributed by atoms with E-state index in [4.69, 9.17) is 4.74 Å². The van der Waals surface area contributed by atoms with Gasteiger partial charge >= 0.3 is 6.18 Å². The number of pyridine rings is 1. The average molecular weight is 450 g/mol. The van der Waals surface area contributed by atoms with Crippen molar-refractivity contribution in [3.63, 3.8) is 0 Å². The first-order valence-electron chi connectivity index (χ1n) is 10.2. The van der Waals surface area contributed by atoms with Gasteiger partial charge in [0.15, 0.2) is 0 Å². The third kappa shape index (κ3) is 6.86. The van der Waals surface area contributed by atoms with E-state index in [0.29, 0.717) is 41.3 Å². The first-order chi connectivity index (χ1) is 15.2. The van der Waals surface area contributed by atoms with Gasteiger partial charge in [0.1, 0.15) is 18.1 Å². The SMILES string of the molecule is O=C([O-])C[C@@H]1Cc2ccc(OCCCNc3ccccn3)cc2CN(CC(F)(F)F)C1=O. The molecule has 1 aliphatic heterocycles. The van der Waals surface area contributed by atoms with Crippen molar-refractivity contribution in [3.05, 3.63) is 53.7 Å². The smallest absolute Gasteiger partial charge is 0.406 e. The molecule has 1 atom stereocenters. The molecule has 0 spiro atoms. The molecule has 0 bridgehead atoms. The lowest BCUT2D eigenvalue weighted by Gasteiger charge is -2.25. The molecule has 0 fully saturated rings. The van der Waals surface area contributed by atoms with E-state index in [2.05, 4.69) is 10.3 Å². The number of nitrogens with zero attached hydrogens (tertiary/aromatic N) is 2. The highest BCUT2D eigenvalue weighted by Crippen LogP contribution is 2.30. The summed E-state index contributed by atoms with van der Waals surface area (Å²) in [4.78, 5) is 28.4. The Hall–Kier alpha value is -3.30. The zero-order valence-corrected chi connectivity index (χ0v) is 17.2. The van der Waals surface area contributed by atoms with Gasteiger partial charge in [-0.25, -0.2) is 4.98 Å². The number of aromatic nitrogens is 1. The van der Waals surface area contributed by atoms with Gasteiger partial charge in [-0.1, -0.05) is 12.1 Å². The fraction of sp³-hybridized carbons (Fsp3) is 0.409. The van der Waals surface area contributed by atoms with E-state index in [1.807, 2.05) is 18.2 Å². The summed E-state index contributed by atoms with van der Waals surface area (Å²) >= 11 is 0. The first kappa shape index (κ1) is 23.4. The molecular formula is C22H23F3N3O4-. The summed E-state index contributed by atoms with van der Waals surface area (Å²) in [5.41, 5.74) is 1.13. The molecule has 2 heterocycles. The topological polar surface area (TPSA) is 94.6 Å². The van der Waals surface area contributed by atoms with Crippen LogP contribution in [0, 0.1) is 5.92 Å². The van der Waals surface area contributed by atoms with Crippen LogP contribution in [0.4, 0.5) is 19.0 Å². The zero-order chi connectivity index (χ0) is 23.1. The van der Waals surface area contributed by atoms with E-state index >= 15 is 0 Å². The van der Waals surface area contributed by atoms with Crippen molar-refractivity contribution in [2.24, 2.45) is 5.92 Å². The Morgan fingerprint density at radius 2 is 2.06 bits per heavy atom. The number of rotatable bonds is 9. The van der Waals surface area contributed by atoms with Crippen molar-refractivity contribution in [1.82, 2.24) is 9.88 Å². The van der Waals surface area contributed by atoms with Crippen LogP contribution in [0.3, 0.4) is 0 Å². The Balaban J connectivity index is 1.65. The minimum Gasteiger partial charge on any atom is -0.550 e. The first-order valence-corrected chi connectivity index (χ1v) is 10.2. The number of carbonyl (C=O) groups excluding carboxylic acids is 2. The molecule has 32 heavy (non-hydrogen) atoms. The maximum absolute atomic E-state index is 13.0. The van der Waals surface area contributed by atoms with E-state index < -0.39 is 36.9 Å². The predicted molar refractivity (Wildman–Crippen MR) is 108 cm³/mol. The number of alkyl halides is 3. The van der Waals surface area contributed by atoms with Crippen LogP contribution in [0.25, 0.3) is 0 Å². The maximum atomic E-state index is 13.0. The average Bonchev–Trinajstić information content (AvgIpc) is 2.84. The van der Waals surface area contributed by atoms with Crippen molar-refractivity contribution in [1.29, 1.82) is 0 Å². The third-order valence-corrected chi connectivity index (χ3v) is 5.01. The van der Waals surface area contributed by atoms with Crippen molar-refractivity contribution < 1.29 is 32.6 Å². The standard InChI is InChI=1S/C22H24F3N3O4/c23-22(24,25)14-28-13-17-11-18(32-9-3-8-27-19-4-1-2-7-26-19)6-5-15(17)10-16(21(28)31)12-20(29)30/h1-2,4-7,11,16H,3,8-10,12-14H2,(H,26,27)(H,29,30)/p-1/t16-/m0/s1. The van der Waals surface area contributed by atoms with Gasteiger partial charge in [0.2, 0.25) is 5.91 Å². The maximum Gasteiger partial charge on any atom is 0.406 e. The summed E-state index contributed by atoms with van der Waals surface area (Å²) in [5, 5.41) is 14.2. The highest BCUT2D eigenvalue weighted by Gasteiger charge is 2.37. The molecule has 172 valence electrons. The quantitative estimate of drug-likeness (QED) is 0.589. The summed E-state index contributed by atoms with van der Waals surface area (Å²) < 4.78 is 44.7. The molecule has 0 aliphatic carbocycles. The van der Waals surface area contributed by atoms with Gasteiger partial charge in [-0.05, 0) is 54.7 Å². The number of benzene rings is 1. The Bertz CT molecular complexity index is 938. The fourth-order valence-electron chi connectivity index (χ4n) is 3.59. The number of ether oxygens (including phenoxy) is 1. The normalized spacial score (nSPS) is 16.3. The van der Waals surface area contributed by atoms with Gasteiger partial charge < -0.3 is 24.9 Å². The van der Waals surface area contributed by atoms with Crippen LogP contribution >= 0.6 is 0 Å². The van der Waals surface area contributed by atoms with Crippen LogP contribution in [0.5, 0.6) is 5.75 Å². The van der Waals surface area contributed by atoms with Crippen LogP contribution in [-0.2, 0) is 22.6 Å². The summed E-state index contributed by atoms with van der Waals surface area (Å²) in [5.74, 6) is -2.20. The molecule has 0 unspecified atom stereocenters. The second-order valence-corrected chi connectivity index (χ2v) is 7.56. The molecule has 1 aromatic carbocycles. The van der Waals surface area contributed by atoms with E-state index in [1.165, 1.54) is 0 Å². The molecule has 1 aromatic heterocycles. The highest BCUT2D eigenvalue weighted by molar-refractivity contribution is 5.83. The molecule has 1 aliphatic rings. The Morgan fingerprint density at radius 1 is 1.25 bits per heavy atom. The van der Waals surface area contributed by atoms with E-state index in [9.17, 15) is 27.9 Å². The molecule has 0 saturated heterocycles. The number of anilines is 1. The van der Waals surface area contributed by atoms with Crippen molar-refractivity contribution in [2.75, 3.05) is 25.0 Å². The minimum atomic E-state index is -4.60. The Morgan fingerprint density at radius 3 is 2.75 bits per heavy atom. The van der Waals surface area contributed by atoms with Crippen molar-refractivity contribution in [2.45, 2.75) is 32.0 Å². The van der Waals surface area contributed by atoms with Gasteiger partial charge in [0, 0.05) is 31.2 Å². The van der Waals surface area contributed by atoms with Gasteiger partial charge in [0.25, 0.3) is 0 Å². The van der Waals surface area contributed by atoms with E-state index in [0.717, 1.165) is 5.82 Å². The largest absolute Gasteiger partial charge is 0.550 e. The number of carboxylic acids is 1. The van der Waals surface area contributed by atoms with E-state index in [-0.39, 0.29) is 13.0 Å². The van der Waals surface area contributed by atoms with Crippen molar-refractivity contribution >= 4 is 17.7 Å². The highest BCUT2D eigenvalue weighted by atomic mass is 19.4. The number of fused-ring (bicyclic) bond motifs is 1. The number of carboxylic acid groups (broad SMARTS) is 1. The number of carbonyl (C=O) groups is 2. The predicted octanol–water partition coefficient (Wildman–Crippen LogP) is 2.17. The molecule has 1 N–H and O–H groups in total. The lowest BCUT2D eigenvalue weighted by Crippen LogP contribution is -2.42. The molecule has 10 heteroatoms. The second-order valence-electron chi connectivity index (χ2n) is 7.56. The van der Waals surface area contributed by atoms with Crippen LogP contribution in [-0.4, -0.2) is 47.6 Å². The van der Waals surface area contributed by atoms with Crippen LogP contribution in [0.15, 0.2) is 42.6 Å². The Kier molecular flexibility index (Phi) is 7.55. The summed E-state index contributed by atoms with van der Waals surface area (Å²) in [6.45, 7) is -0.716. The summed E-state index contributed by atoms with van der Waals surface area (Å²) in [6, 6.07) is 10.5. The number of hydrogen-bond acceptors (Lipinski definition) is 6. The monoisotopic (exact) mass is 450 g/mol. The van der Waals surface area contributed by atoms with Gasteiger partial charge in [-0.2, -0.15) is 13.2 Å². The van der Waals surface area contributed by atoms with E-state index in [1.54, 1.807) is 24.4 Å². The fourth-order valence-corrected chi connectivity index (χ4v) is 3.59. The minimum absolute atomic E-state index is 0.0325. The number of amides is 1. The number of aliphatic carboxylic acids is 1. The number of halogens is 3. The summed E-state index contributed by atoms with van der Waals surface area (Å²) in [6.07, 6.45) is -2.85. The van der Waals surface area contributed by atoms with Crippen LogP contribution in [0.2, 0.25) is 0 Å². The molecule has 1 amide bonds. The van der Waals surface area contributed by atoms with Gasteiger partial charge in [0.05, 0.1) is 6.61 Å². The molecule has 0 saturated carbocycles. The summed E-state index contributed by atoms with van der Waals surface area (Å²) in [7, 11) is 0. The molecule has 0 radical (unpaired) electrons. The lowest BCUT2D eigenvalue weighted by molar-refractivity contribution is -0.306. The molecule has 7 nitrogen and oxygen atoms in total. The Labute approximate surface area is 183 Å². The molecular weight excluding hydrogens is 427 g/mol. The van der Waals surface area contributed by atoms with Crippen LogP contribution in [0.1, 0.15) is 24.0 Å². The molecule has 2 aromatic rings. The zero-order valence-electron chi connectivity index (χ0n) is 17.2. The number of nitrogens with one attached hydrogen (secondary N) is 1. The third-order valence-electron chi connectivity index (χ3n) is 5.01. The van der Waals surface area contributed by atoms with Crippen molar-refractivity contribution in [3.8, 4) is 5.75 Å². The lowest BCUT2D eigenvalue weighted by atomic mass is 9.94. The number of hydrogen-bond donors (Lipinski definition) is 1. The second kappa shape index (κ2) is 10.3.